The molecule has 0 saturated heterocycles. The van der Waals surface area contributed by atoms with Gasteiger partial charge in [-0.25, -0.2) is 4.79 Å². The van der Waals surface area contributed by atoms with Crippen molar-refractivity contribution in [2.45, 2.75) is 26.9 Å². The summed E-state index contributed by atoms with van der Waals surface area (Å²) in [6, 6.07) is 0. The maximum absolute atomic E-state index is 11.7. The van der Waals surface area contributed by atoms with Crippen molar-refractivity contribution in [2.24, 2.45) is 0 Å². The third kappa shape index (κ3) is 2.15. The van der Waals surface area contributed by atoms with E-state index in [1.807, 2.05) is 6.92 Å². The number of aromatic hydroxyl groups is 1. The van der Waals surface area contributed by atoms with E-state index in [2.05, 4.69) is 0 Å². The topological polar surface area (TPSA) is 72.8 Å². The van der Waals surface area contributed by atoms with E-state index >= 15 is 0 Å². The van der Waals surface area contributed by atoms with Crippen LogP contribution in [0.15, 0.2) is 11.6 Å². The molecule has 0 amide bonds. The van der Waals surface area contributed by atoms with Gasteiger partial charge < -0.3 is 14.6 Å². The molecule has 0 aliphatic carbocycles. The van der Waals surface area contributed by atoms with Gasteiger partial charge in [0.15, 0.2) is 0 Å². The lowest BCUT2D eigenvalue weighted by molar-refractivity contribution is -0.104. The second kappa shape index (κ2) is 5.36. The maximum Gasteiger partial charge on any atom is 0.342 e. The minimum atomic E-state index is -0.527. The molecule has 0 unspecified atom stereocenters. The molecule has 1 aromatic rings. The number of fused-ring (bicyclic) bond motifs is 1. The standard InChI is InChI=1S/C15H16O5/c1-8(6-16)4-5-10-13(17)12-11(7-20-15(12)18)9(2)14(10)19-3/h4,6,17H,5,7H2,1-3H3/b8-4+. The van der Waals surface area contributed by atoms with Gasteiger partial charge in [-0.15, -0.1) is 0 Å². The number of aldehydes is 1. The van der Waals surface area contributed by atoms with Crippen LogP contribution in [0, 0.1) is 6.92 Å². The van der Waals surface area contributed by atoms with Crippen LogP contribution in [0.2, 0.25) is 0 Å². The van der Waals surface area contributed by atoms with Crippen LogP contribution in [0.4, 0.5) is 0 Å². The Labute approximate surface area is 116 Å². The first-order valence-corrected chi connectivity index (χ1v) is 6.21. The van der Waals surface area contributed by atoms with Gasteiger partial charge in [0.2, 0.25) is 0 Å². The number of hydrogen-bond acceptors (Lipinski definition) is 5. The second-order valence-corrected chi connectivity index (χ2v) is 4.69. The van der Waals surface area contributed by atoms with E-state index in [4.69, 9.17) is 9.47 Å². The molecule has 20 heavy (non-hydrogen) atoms. The fraction of sp³-hybridized carbons (Fsp3) is 0.333. The number of carbonyl (C=O) groups excluding carboxylic acids is 2. The zero-order valence-corrected chi connectivity index (χ0v) is 11.6. The Morgan fingerprint density at radius 2 is 2.20 bits per heavy atom. The van der Waals surface area contributed by atoms with E-state index in [-0.39, 0.29) is 17.9 Å². The van der Waals surface area contributed by atoms with Crippen LogP contribution in [-0.2, 0) is 22.6 Å². The van der Waals surface area contributed by atoms with Crippen LogP contribution in [-0.4, -0.2) is 24.5 Å². The molecule has 1 aliphatic heterocycles. The van der Waals surface area contributed by atoms with Crippen molar-refractivity contribution in [1.82, 2.24) is 0 Å². The summed E-state index contributed by atoms with van der Waals surface area (Å²) in [5.74, 6) is -0.130. The van der Waals surface area contributed by atoms with Crippen LogP contribution in [0.1, 0.15) is 34.0 Å². The summed E-state index contributed by atoms with van der Waals surface area (Å²) in [4.78, 5) is 22.3. The maximum atomic E-state index is 11.7. The molecule has 5 heteroatoms. The number of hydrogen-bond donors (Lipinski definition) is 1. The number of benzene rings is 1. The SMILES string of the molecule is COc1c(C)c2c(c(O)c1C/C=C(\C)C=O)C(=O)OC2. The number of carbonyl (C=O) groups is 2. The smallest absolute Gasteiger partial charge is 0.342 e. The fourth-order valence-corrected chi connectivity index (χ4v) is 2.34. The Balaban J connectivity index is 2.61. The van der Waals surface area contributed by atoms with Crippen molar-refractivity contribution < 1.29 is 24.2 Å². The lowest BCUT2D eigenvalue weighted by Gasteiger charge is -2.15. The number of rotatable bonds is 4. The van der Waals surface area contributed by atoms with E-state index in [0.29, 0.717) is 28.9 Å². The highest BCUT2D eigenvalue weighted by atomic mass is 16.5. The number of allylic oxidation sites excluding steroid dienone is 2. The lowest BCUT2D eigenvalue weighted by Crippen LogP contribution is -2.03. The first-order valence-electron chi connectivity index (χ1n) is 6.21. The quantitative estimate of drug-likeness (QED) is 0.517. The van der Waals surface area contributed by atoms with Gasteiger partial charge in [-0.05, 0) is 31.4 Å². The van der Waals surface area contributed by atoms with E-state index < -0.39 is 5.97 Å². The Bertz CT molecular complexity index is 613. The number of phenolic OH excluding ortho intramolecular Hbond substituents is 1. The summed E-state index contributed by atoms with van der Waals surface area (Å²) in [7, 11) is 1.51. The highest BCUT2D eigenvalue weighted by molar-refractivity contribution is 5.98. The van der Waals surface area contributed by atoms with Gasteiger partial charge in [0.25, 0.3) is 0 Å². The van der Waals surface area contributed by atoms with E-state index in [0.717, 1.165) is 11.8 Å². The molecular weight excluding hydrogens is 260 g/mol. The van der Waals surface area contributed by atoms with Gasteiger partial charge in [-0.1, -0.05) is 6.08 Å². The minimum Gasteiger partial charge on any atom is -0.507 e. The molecule has 0 spiro atoms. The molecule has 0 saturated carbocycles. The van der Waals surface area contributed by atoms with Gasteiger partial charge in [-0.2, -0.15) is 0 Å². The average molecular weight is 276 g/mol. The summed E-state index contributed by atoms with van der Waals surface area (Å²) in [5, 5.41) is 10.3. The van der Waals surface area contributed by atoms with Gasteiger partial charge >= 0.3 is 5.97 Å². The van der Waals surface area contributed by atoms with Crippen LogP contribution < -0.4 is 4.74 Å². The van der Waals surface area contributed by atoms with E-state index in [9.17, 15) is 14.7 Å². The molecule has 1 aromatic carbocycles. The Morgan fingerprint density at radius 1 is 1.50 bits per heavy atom. The molecule has 0 bridgehead atoms. The highest BCUT2D eigenvalue weighted by Gasteiger charge is 2.31. The number of ether oxygens (including phenoxy) is 2. The van der Waals surface area contributed by atoms with E-state index in [1.54, 1.807) is 13.0 Å². The van der Waals surface area contributed by atoms with Crippen molar-refractivity contribution in [3.8, 4) is 11.5 Å². The van der Waals surface area contributed by atoms with Crippen LogP contribution in [0.3, 0.4) is 0 Å². The molecule has 106 valence electrons. The van der Waals surface area contributed by atoms with Crippen molar-refractivity contribution in [1.29, 1.82) is 0 Å². The van der Waals surface area contributed by atoms with Crippen LogP contribution in [0.25, 0.3) is 0 Å². The number of cyclic esters (lactones) is 1. The zero-order valence-electron chi connectivity index (χ0n) is 11.6. The Hall–Kier alpha value is -2.30. The number of methoxy groups -OCH3 is 1. The molecule has 0 fully saturated rings. The van der Waals surface area contributed by atoms with Crippen molar-refractivity contribution in [2.75, 3.05) is 7.11 Å². The highest BCUT2D eigenvalue weighted by Crippen LogP contribution is 2.41. The normalized spacial score (nSPS) is 13.9. The van der Waals surface area contributed by atoms with E-state index in [1.165, 1.54) is 7.11 Å². The van der Waals surface area contributed by atoms with Gasteiger partial charge in [0.1, 0.15) is 30.0 Å². The molecule has 0 atom stereocenters. The minimum absolute atomic E-state index is 0.125. The molecule has 0 radical (unpaired) electrons. The lowest BCUT2D eigenvalue weighted by atomic mass is 9.95. The second-order valence-electron chi connectivity index (χ2n) is 4.69. The van der Waals surface area contributed by atoms with Crippen molar-refractivity contribution in [3.05, 3.63) is 33.9 Å². The predicted octanol–water partition coefficient (Wildman–Crippen LogP) is 2.07. The Morgan fingerprint density at radius 3 is 2.80 bits per heavy atom. The largest absolute Gasteiger partial charge is 0.507 e. The van der Waals surface area contributed by atoms with Crippen molar-refractivity contribution in [3.63, 3.8) is 0 Å². The number of esters is 1. The summed E-state index contributed by atoms with van der Waals surface area (Å²) in [5.41, 5.74) is 2.67. The van der Waals surface area contributed by atoms with Gasteiger partial charge in [-0.3, -0.25) is 4.79 Å². The molecule has 2 rings (SSSR count). The first kappa shape index (κ1) is 14.1. The third-order valence-corrected chi connectivity index (χ3v) is 3.46. The van der Waals surface area contributed by atoms with Crippen LogP contribution >= 0.6 is 0 Å². The fourth-order valence-electron chi connectivity index (χ4n) is 2.34. The third-order valence-electron chi connectivity index (χ3n) is 3.46. The molecule has 1 N–H and O–H groups in total. The summed E-state index contributed by atoms with van der Waals surface area (Å²) in [6.45, 7) is 3.64. The van der Waals surface area contributed by atoms with Crippen LogP contribution in [0.5, 0.6) is 11.5 Å². The average Bonchev–Trinajstić information content (AvgIpc) is 2.83. The first-order chi connectivity index (χ1) is 9.51. The molecular formula is C15H16O5. The van der Waals surface area contributed by atoms with Crippen molar-refractivity contribution >= 4 is 12.3 Å². The van der Waals surface area contributed by atoms with Gasteiger partial charge in [0.05, 0.1) is 7.11 Å². The monoisotopic (exact) mass is 276 g/mol. The Kier molecular flexibility index (Phi) is 3.79. The van der Waals surface area contributed by atoms with Gasteiger partial charge in [0, 0.05) is 11.1 Å². The molecule has 5 nitrogen and oxygen atoms in total. The predicted molar refractivity (Wildman–Crippen MR) is 72.0 cm³/mol. The summed E-state index contributed by atoms with van der Waals surface area (Å²) in [6.07, 6.45) is 2.72. The summed E-state index contributed by atoms with van der Waals surface area (Å²) < 4.78 is 10.3. The summed E-state index contributed by atoms with van der Waals surface area (Å²) >= 11 is 0. The number of phenols is 1. The molecule has 0 aromatic heterocycles. The molecule has 1 heterocycles. The molecule has 1 aliphatic rings. The zero-order chi connectivity index (χ0) is 14.9.